The summed E-state index contributed by atoms with van der Waals surface area (Å²) in [5.74, 6) is -0.441. The van der Waals surface area contributed by atoms with E-state index < -0.39 is 11.7 Å². The molecule has 3 aromatic rings. The smallest absolute Gasteiger partial charge is 0.291 e. The fourth-order valence-corrected chi connectivity index (χ4v) is 5.13. The Hall–Kier alpha value is -2.57. The molecule has 0 unspecified atom stereocenters. The van der Waals surface area contributed by atoms with Gasteiger partial charge in [-0.25, -0.2) is 4.98 Å². The number of rotatable bonds is 3. The number of carbonyl (C=O) groups is 2. The predicted octanol–water partition coefficient (Wildman–Crippen LogP) is 3.66. The SMILES string of the molecule is O=C1C(=O)N(CN2CCC[C@@H](c3nc4ccccc4s3)C2)c2ccccc21. The second kappa shape index (κ2) is 6.55. The Labute approximate surface area is 161 Å². The number of aromatic nitrogens is 1. The van der Waals surface area contributed by atoms with Crippen LogP contribution in [0.25, 0.3) is 10.2 Å². The van der Waals surface area contributed by atoms with Crippen molar-refractivity contribution in [1.29, 1.82) is 0 Å². The Morgan fingerprint density at radius 1 is 1.07 bits per heavy atom. The van der Waals surface area contributed by atoms with Crippen molar-refractivity contribution in [2.75, 3.05) is 24.7 Å². The van der Waals surface area contributed by atoms with Crippen LogP contribution in [0.5, 0.6) is 0 Å². The van der Waals surface area contributed by atoms with Crippen LogP contribution >= 0.6 is 11.3 Å². The molecule has 1 aromatic heterocycles. The zero-order valence-electron chi connectivity index (χ0n) is 14.8. The van der Waals surface area contributed by atoms with Gasteiger partial charge in [0, 0.05) is 12.5 Å². The molecule has 136 valence electrons. The number of amides is 1. The number of anilines is 1. The minimum atomic E-state index is -0.418. The van der Waals surface area contributed by atoms with Crippen molar-refractivity contribution < 1.29 is 9.59 Å². The summed E-state index contributed by atoms with van der Waals surface area (Å²) >= 11 is 1.77. The van der Waals surface area contributed by atoms with E-state index in [2.05, 4.69) is 17.0 Å². The molecule has 5 nitrogen and oxygen atoms in total. The highest BCUT2D eigenvalue weighted by molar-refractivity contribution is 7.18. The molecule has 1 amide bonds. The largest absolute Gasteiger partial charge is 0.300 e. The van der Waals surface area contributed by atoms with Gasteiger partial charge in [0.05, 0.1) is 33.1 Å². The molecule has 2 aliphatic heterocycles. The van der Waals surface area contributed by atoms with Gasteiger partial charge < -0.3 is 0 Å². The summed E-state index contributed by atoms with van der Waals surface area (Å²) < 4.78 is 1.22. The number of hydrogen-bond acceptors (Lipinski definition) is 5. The summed E-state index contributed by atoms with van der Waals surface area (Å²) in [6, 6.07) is 15.5. The molecule has 0 spiro atoms. The molecule has 0 aliphatic carbocycles. The maximum atomic E-state index is 12.4. The molecule has 2 aliphatic rings. The second-order valence-electron chi connectivity index (χ2n) is 7.16. The molecule has 3 heterocycles. The van der Waals surface area contributed by atoms with Gasteiger partial charge in [-0.05, 0) is 43.7 Å². The number of fused-ring (bicyclic) bond motifs is 2. The first kappa shape index (κ1) is 16.6. The number of hydrogen-bond donors (Lipinski definition) is 0. The van der Waals surface area contributed by atoms with E-state index in [0.717, 1.165) is 37.1 Å². The van der Waals surface area contributed by atoms with Crippen molar-refractivity contribution in [3.63, 3.8) is 0 Å². The lowest BCUT2D eigenvalue weighted by molar-refractivity contribution is -0.114. The molecule has 1 fully saturated rings. The Kier molecular flexibility index (Phi) is 4.02. The number of benzene rings is 2. The van der Waals surface area contributed by atoms with E-state index in [1.165, 1.54) is 9.71 Å². The van der Waals surface area contributed by atoms with Gasteiger partial charge in [0.1, 0.15) is 0 Å². The number of Topliss-reactive ketones (excluding diaryl/α,β-unsaturated/α-hetero) is 1. The lowest BCUT2D eigenvalue weighted by atomic mass is 9.99. The fourth-order valence-electron chi connectivity index (χ4n) is 4.04. The quantitative estimate of drug-likeness (QED) is 0.654. The van der Waals surface area contributed by atoms with Crippen molar-refractivity contribution in [2.24, 2.45) is 0 Å². The van der Waals surface area contributed by atoms with Crippen molar-refractivity contribution in [2.45, 2.75) is 18.8 Å². The first-order chi connectivity index (χ1) is 13.2. The van der Waals surface area contributed by atoms with E-state index in [0.29, 0.717) is 18.2 Å². The van der Waals surface area contributed by atoms with Crippen LogP contribution in [0.15, 0.2) is 48.5 Å². The standard InChI is InChI=1S/C21H19N3O2S/c25-19-15-7-1-3-9-17(15)24(21(19)26)13-23-11-5-6-14(12-23)20-22-16-8-2-4-10-18(16)27-20/h1-4,7-10,14H,5-6,11-13H2/t14-/m1/s1. The summed E-state index contributed by atoms with van der Waals surface area (Å²) in [5, 5.41) is 1.17. The molecule has 6 heteroatoms. The normalized spacial score (nSPS) is 20.4. The summed E-state index contributed by atoms with van der Waals surface area (Å²) in [6.45, 7) is 2.25. The third-order valence-corrected chi connectivity index (χ3v) is 6.58. The van der Waals surface area contributed by atoms with E-state index in [9.17, 15) is 9.59 Å². The predicted molar refractivity (Wildman–Crippen MR) is 106 cm³/mol. The van der Waals surface area contributed by atoms with Gasteiger partial charge in [-0.1, -0.05) is 24.3 Å². The molecular formula is C21H19N3O2S. The summed E-state index contributed by atoms with van der Waals surface area (Å²) in [7, 11) is 0. The van der Waals surface area contributed by atoms with E-state index in [4.69, 9.17) is 4.98 Å². The average molecular weight is 377 g/mol. The van der Waals surface area contributed by atoms with Crippen molar-refractivity contribution in [1.82, 2.24) is 9.88 Å². The number of nitrogens with zero attached hydrogens (tertiary/aromatic N) is 3. The highest BCUT2D eigenvalue weighted by Crippen LogP contribution is 2.34. The summed E-state index contributed by atoms with van der Waals surface area (Å²) in [6.07, 6.45) is 2.18. The maximum absolute atomic E-state index is 12.4. The zero-order chi connectivity index (χ0) is 18.4. The third kappa shape index (κ3) is 2.85. The van der Waals surface area contributed by atoms with E-state index in [-0.39, 0.29) is 0 Å². The van der Waals surface area contributed by atoms with Gasteiger partial charge in [-0.3, -0.25) is 19.4 Å². The first-order valence-corrected chi connectivity index (χ1v) is 10.1. The minimum Gasteiger partial charge on any atom is -0.291 e. The topological polar surface area (TPSA) is 53.5 Å². The number of likely N-dealkylation sites (tertiary alicyclic amines) is 1. The van der Waals surface area contributed by atoms with E-state index in [1.54, 1.807) is 28.4 Å². The first-order valence-electron chi connectivity index (χ1n) is 9.24. The van der Waals surface area contributed by atoms with E-state index in [1.807, 2.05) is 24.3 Å². The number of piperidine rings is 1. The molecule has 0 bridgehead atoms. The van der Waals surface area contributed by atoms with Crippen LogP contribution in [0.2, 0.25) is 0 Å². The zero-order valence-corrected chi connectivity index (χ0v) is 15.6. The minimum absolute atomic E-state index is 0.375. The Bertz CT molecular complexity index is 1010. The van der Waals surface area contributed by atoms with Crippen LogP contribution in [0.3, 0.4) is 0 Å². The Morgan fingerprint density at radius 3 is 2.78 bits per heavy atom. The lowest BCUT2D eigenvalue weighted by Gasteiger charge is -2.34. The van der Waals surface area contributed by atoms with Crippen LogP contribution < -0.4 is 4.90 Å². The number of para-hydroxylation sites is 2. The molecule has 1 saturated heterocycles. The van der Waals surface area contributed by atoms with Gasteiger partial charge in [0.15, 0.2) is 0 Å². The van der Waals surface area contributed by atoms with Gasteiger partial charge in [-0.2, -0.15) is 0 Å². The second-order valence-corrected chi connectivity index (χ2v) is 8.22. The maximum Gasteiger partial charge on any atom is 0.300 e. The molecule has 0 N–H and O–H groups in total. The number of thiazole rings is 1. The number of carbonyl (C=O) groups excluding carboxylic acids is 2. The van der Waals surface area contributed by atoms with Crippen LogP contribution in [-0.2, 0) is 4.79 Å². The van der Waals surface area contributed by atoms with Crippen molar-refractivity contribution >= 4 is 38.9 Å². The Balaban J connectivity index is 1.36. The highest BCUT2D eigenvalue weighted by Gasteiger charge is 2.37. The molecule has 0 radical (unpaired) electrons. The van der Waals surface area contributed by atoms with Gasteiger partial charge in [-0.15, -0.1) is 11.3 Å². The number of ketones is 1. The van der Waals surface area contributed by atoms with Gasteiger partial charge in [0.25, 0.3) is 5.78 Å². The summed E-state index contributed by atoms with van der Waals surface area (Å²) in [4.78, 5) is 33.4. The highest BCUT2D eigenvalue weighted by atomic mass is 32.1. The molecule has 0 saturated carbocycles. The molecular weight excluding hydrogens is 358 g/mol. The molecule has 5 rings (SSSR count). The Morgan fingerprint density at radius 2 is 1.89 bits per heavy atom. The average Bonchev–Trinajstić information content (AvgIpc) is 3.24. The fraction of sp³-hybridized carbons (Fsp3) is 0.286. The third-order valence-electron chi connectivity index (χ3n) is 5.39. The molecule has 1 atom stereocenters. The van der Waals surface area contributed by atoms with E-state index >= 15 is 0 Å². The van der Waals surface area contributed by atoms with Crippen LogP contribution in [0, 0.1) is 0 Å². The van der Waals surface area contributed by atoms with Crippen molar-refractivity contribution in [3.8, 4) is 0 Å². The van der Waals surface area contributed by atoms with Gasteiger partial charge >= 0.3 is 5.91 Å². The van der Waals surface area contributed by atoms with Gasteiger partial charge in [0.2, 0.25) is 0 Å². The van der Waals surface area contributed by atoms with Crippen LogP contribution in [0.1, 0.15) is 34.1 Å². The molecule has 27 heavy (non-hydrogen) atoms. The monoisotopic (exact) mass is 377 g/mol. The lowest BCUT2D eigenvalue weighted by Crippen LogP contribution is -2.44. The summed E-state index contributed by atoms with van der Waals surface area (Å²) in [5.41, 5.74) is 2.31. The van der Waals surface area contributed by atoms with Crippen LogP contribution in [-0.4, -0.2) is 41.3 Å². The molecule has 2 aromatic carbocycles. The van der Waals surface area contributed by atoms with Crippen LogP contribution in [0.4, 0.5) is 5.69 Å². The van der Waals surface area contributed by atoms with Crippen molar-refractivity contribution in [3.05, 3.63) is 59.1 Å².